The van der Waals surface area contributed by atoms with Crippen molar-refractivity contribution in [3.8, 4) is 0 Å². The Bertz CT molecular complexity index is 1000. The van der Waals surface area contributed by atoms with E-state index in [9.17, 15) is 9.18 Å². The van der Waals surface area contributed by atoms with E-state index in [4.69, 9.17) is 0 Å². The smallest absolute Gasteiger partial charge is 0.237 e. The number of nitrogens with one attached hydrogen (secondary N) is 2. The number of imidazole rings is 1. The molecule has 2 heterocycles. The highest BCUT2D eigenvalue weighted by molar-refractivity contribution is 6.12. The van der Waals surface area contributed by atoms with Crippen LogP contribution in [0, 0.1) is 5.82 Å². The van der Waals surface area contributed by atoms with Crippen LogP contribution in [0.3, 0.4) is 0 Å². The lowest BCUT2D eigenvalue weighted by atomic mass is 10.0. The number of anilines is 2. The molecular weight excluding hydrogens is 357 g/mol. The molecule has 142 valence electrons. The number of nitrogens with zero attached hydrogens (tertiary/aromatic N) is 3. The van der Waals surface area contributed by atoms with Gasteiger partial charge in [0.15, 0.2) is 0 Å². The first-order valence-corrected chi connectivity index (χ1v) is 9.14. The Balaban J connectivity index is 1.36. The first-order valence-electron chi connectivity index (χ1n) is 9.14. The number of aryl methyl sites for hydroxylation is 1. The first kappa shape index (κ1) is 17.9. The molecule has 1 unspecified atom stereocenters. The van der Waals surface area contributed by atoms with E-state index in [-0.39, 0.29) is 11.7 Å². The Morgan fingerprint density at radius 3 is 3.00 bits per heavy atom. The molecule has 3 aromatic rings. The van der Waals surface area contributed by atoms with Crippen molar-refractivity contribution in [3.63, 3.8) is 0 Å². The zero-order valence-electron chi connectivity index (χ0n) is 15.2. The van der Waals surface area contributed by atoms with E-state index in [1.54, 1.807) is 30.9 Å². The molecule has 1 amide bonds. The number of carbonyl (C=O) groups excluding carboxylic acids is 1. The predicted molar refractivity (Wildman–Crippen MR) is 108 cm³/mol. The molecule has 0 radical (unpaired) electrons. The molecule has 0 bridgehead atoms. The molecule has 2 N–H and O–H groups in total. The highest BCUT2D eigenvalue weighted by atomic mass is 19.1. The van der Waals surface area contributed by atoms with Gasteiger partial charge in [-0.15, -0.1) is 0 Å². The lowest BCUT2D eigenvalue weighted by Gasteiger charge is -2.08. The molecule has 1 aliphatic rings. The molecule has 0 aliphatic carbocycles. The standard InChI is InChI=1S/C21H20FN5O/c22-18-12-15(6-7-20(18)24-8-3-10-27-11-9-23-14-27)25-13-17-16-4-1-2-5-19(16)26-21(17)28/h1-2,4-7,9,11-14,17,24H,3,8,10H2,(H,26,28). The fourth-order valence-electron chi connectivity index (χ4n) is 3.17. The van der Waals surface area contributed by atoms with Crippen molar-refractivity contribution < 1.29 is 9.18 Å². The second-order valence-electron chi connectivity index (χ2n) is 6.58. The van der Waals surface area contributed by atoms with Crippen molar-refractivity contribution in [3.05, 3.63) is 72.6 Å². The summed E-state index contributed by atoms with van der Waals surface area (Å²) in [6, 6.07) is 12.3. The minimum Gasteiger partial charge on any atom is -0.383 e. The van der Waals surface area contributed by atoms with Crippen LogP contribution in [0.25, 0.3) is 0 Å². The molecule has 0 saturated heterocycles. The average Bonchev–Trinajstić information content (AvgIpc) is 3.32. The van der Waals surface area contributed by atoms with Crippen molar-refractivity contribution in [2.24, 2.45) is 4.99 Å². The van der Waals surface area contributed by atoms with Gasteiger partial charge in [0.25, 0.3) is 0 Å². The summed E-state index contributed by atoms with van der Waals surface area (Å²) in [6.45, 7) is 1.47. The van der Waals surface area contributed by atoms with E-state index in [2.05, 4.69) is 20.6 Å². The van der Waals surface area contributed by atoms with Crippen LogP contribution in [0.15, 0.2) is 66.2 Å². The van der Waals surface area contributed by atoms with Crippen molar-refractivity contribution in [2.75, 3.05) is 17.2 Å². The van der Waals surface area contributed by atoms with Crippen LogP contribution >= 0.6 is 0 Å². The van der Waals surface area contributed by atoms with E-state index >= 15 is 0 Å². The molecular formula is C21H20FN5O. The van der Waals surface area contributed by atoms with E-state index in [0.29, 0.717) is 17.9 Å². The molecule has 0 fully saturated rings. The number of hydrogen-bond donors (Lipinski definition) is 2. The molecule has 7 heteroatoms. The Morgan fingerprint density at radius 1 is 1.29 bits per heavy atom. The summed E-state index contributed by atoms with van der Waals surface area (Å²) < 4.78 is 16.3. The summed E-state index contributed by atoms with van der Waals surface area (Å²) in [5, 5.41) is 5.92. The van der Waals surface area contributed by atoms with Gasteiger partial charge >= 0.3 is 0 Å². The van der Waals surface area contributed by atoms with Crippen molar-refractivity contribution in [2.45, 2.75) is 18.9 Å². The predicted octanol–water partition coefficient (Wildman–Crippen LogP) is 3.96. The van der Waals surface area contributed by atoms with Crippen LogP contribution in [0.4, 0.5) is 21.5 Å². The molecule has 1 aliphatic heterocycles. The lowest BCUT2D eigenvalue weighted by Crippen LogP contribution is -2.12. The van der Waals surface area contributed by atoms with Crippen LogP contribution in [0.2, 0.25) is 0 Å². The summed E-state index contributed by atoms with van der Waals surface area (Å²) in [4.78, 5) is 20.4. The average molecular weight is 377 g/mol. The maximum Gasteiger partial charge on any atom is 0.237 e. The number of aromatic nitrogens is 2. The van der Waals surface area contributed by atoms with Gasteiger partial charge in [0.05, 0.1) is 17.7 Å². The van der Waals surface area contributed by atoms with Crippen molar-refractivity contribution in [1.29, 1.82) is 0 Å². The van der Waals surface area contributed by atoms with Gasteiger partial charge in [-0.2, -0.15) is 0 Å². The summed E-state index contributed by atoms with van der Waals surface area (Å²) in [7, 11) is 0. The molecule has 4 rings (SSSR count). The van der Waals surface area contributed by atoms with Gasteiger partial charge in [-0.05, 0) is 30.2 Å². The fourth-order valence-corrected chi connectivity index (χ4v) is 3.17. The third kappa shape index (κ3) is 3.93. The summed E-state index contributed by atoms with van der Waals surface area (Å²) in [5.41, 5.74) is 2.59. The third-order valence-electron chi connectivity index (χ3n) is 4.63. The number of carbonyl (C=O) groups is 1. The molecule has 28 heavy (non-hydrogen) atoms. The zero-order valence-corrected chi connectivity index (χ0v) is 15.2. The molecule has 1 atom stereocenters. The Hall–Kier alpha value is -3.48. The largest absolute Gasteiger partial charge is 0.383 e. The number of benzene rings is 2. The molecule has 6 nitrogen and oxygen atoms in total. The van der Waals surface area contributed by atoms with E-state index in [1.807, 2.05) is 35.0 Å². The number of rotatable bonds is 7. The van der Waals surface area contributed by atoms with E-state index in [1.165, 1.54) is 6.07 Å². The maximum absolute atomic E-state index is 14.3. The van der Waals surface area contributed by atoms with Gasteiger partial charge in [-0.3, -0.25) is 9.79 Å². The quantitative estimate of drug-likeness (QED) is 0.484. The van der Waals surface area contributed by atoms with Gasteiger partial charge in [0.2, 0.25) is 5.91 Å². The number of amides is 1. The van der Waals surface area contributed by atoms with Gasteiger partial charge in [-0.1, -0.05) is 18.2 Å². The van der Waals surface area contributed by atoms with E-state index < -0.39 is 5.92 Å². The third-order valence-corrected chi connectivity index (χ3v) is 4.63. The Morgan fingerprint density at radius 2 is 2.18 bits per heavy atom. The fraction of sp³-hybridized carbons (Fsp3) is 0.190. The highest BCUT2D eigenvalue weighted by Gasteiger charge is 2.28. The van der Waals surface area contributed by atoms with E-state index in [0.717, 1.165) is 24.2 Å². The zero-order chi connectivity index (χ0) is 19.3. The van der Waals surface area contributed by atoms with Crippen molar-refractivity contribution in [1.82, 2.24) is 9.55 Å². The van der Waals surface area contributed by atoms with Gasteiger partial charge < -0.3 is 15.2 Å². The van der Waals surface area contributed by atoms with Gasteiger partial charge in [0.1, 0.15) is 11.7 Å². The minimum atomic E-state index is -0.458. The minimum absolute atomic E-state index is 0.124. The Kier molecular flexibility index (Phi) is 5.14. The molecule has 2 aromatic carbocycles. The van der Waals surface area contributed by atoms with Crippen LogP contribution in [-0.4, -0.2) is 28.2 Å². The Labute approximate surface area is 162 Å². The topological polar surface area (TPSA) is 71.3 Å². The number of para-hydroxylation sites is 1. The number of halogens is 1. The van der Waals surface area contributed by atoms with Gasteiger partial charge in [-0.25, -0.2) is 9.37 Å². The second-order valence-corrected chi connectivity index (χ2v) is 6.58. The van der Waals surface area contributed by atoms with Crippen LogP contribution in [0.5, 0.6) is 0 Å². The number of hydrogen-bond acceptors (Lipinski definition) is 4. The van der Waals surface area contributed by atoms with Crippen LogP contribution in [-0.2, 0) is 11.3 Å². The lowest BCUT2D eigenvalue weighted by molar-refractivity contribution is -0.115. The van der Waals surface area contributed by atoms with Gasteiger partial charge in [0, 0.05) is 43.5 Å². The normalized spacial score (nSPS) is 15.6. The highest BCUT2D eigenvalue weighted by Crippen LogP contribution is 2.31. The van der Waals surface area contributed by atoms with Crippen LogP contribution in [0.1, 0.15) is 17.9 Å². The summed E-state index contributed by atoms with van der Waals surface area (Å²) in [6.07, 6.45) is 7.81. The molecule has 0 spiro atoms. The second kappa shape index (κ2) is 8.04. The first-order chi connectivity index (χ1) is 13.7. The maximum atomic E-state index is 14.3. The summed E-state index contributed by atoms with van der Waals surface area (Å²) in [5.74, 6) is -0.949. The SMILES string of the molecule is O=C1Nc2ccccc2C1C=Nc1ccc(NCCCn2ccnc2)c(F)c1. The molecule has 1 aromatic heterocycles. The van der Waals surface area contributed by atoms with Crippen molar-refractivity contribution >= 4 is 29.2 Å². The monoisotopic (exact) mass is 377 g/mol. The number of fused-ring (bicyclic) bond motifs is 1. The summed E-state index contributed by atoms with van der Waals surface area (Å²) >= 11 is 0. The molecule has 0 saturated carbocycles. The van der Waals surface area contributed by atoms with Crippen LogP contribution < -0.4 is 10.6 Å². The number of aliphatic imine (C=N–C) groups is 1.